The van der Waals surface area contributed by atoms with Crippen LogP contribution in [0.4, 0.5) is 0 Å². The normalized spacial score (nSPS) is 28.1. The minimum atomic E-state index is -0.0303. The third kappa shape index (κ3) is 2.50. The number of carbonyl (C=O) groups is 1. The number of piperidine rings is 1. The van der Waals surface area contributed by atoms with Crippen molar-refractivity contribution >= 4 is 5.91 Å². The van der Waals surface area contributed by atoms with E-state index >= 15 is 0 Å². The molecule has 0 aromatic carbocycles. The lowest BCUT2D eigenvalue weighted by Crippen LogP contribution is -2.40. The van der Waals surface area contributed by atoms with Gasteiger partial charge in [0.15, 0.2) is 0 Å². The Morgan fingerprint density at radius 1 is 1.33 bits per heavy atom. The molecule has 0 spiro atoms. The van der Waals surface area contributed by atoms with E-state index in [9.17, 15) is 4.79 Å². The van der Waals surface area contributed by atoms with Gasteiger partial charge in [-0.05, 0) is 25.2 Å². The van der Waals surface area contributed by atoms with E-state index in [1.165, 1.54) is 25.7 Å². The molecule has 1 unspecified atom stereocenters. The molecule has 2 aliphatic rings. The van der Waals surface area contributed by atoms with Gasteiger partial charge in [0.25, 0.3) is 0 Å². The molecule has 2 rings (SSSR count). The summed E-state index contributed by atoms with van der Waals surface area (Å²) in [7, 11) is 0. The van der Waals surface area contributed by atoms with E-state index in [2.05, 4.69) is 6.07 Å². The van der Waals surface area contributed by atoms with Gasteiger partial charge in [0.2, 0.25) is 5.91 Å². The summed E-state index contributed by atoms with van der Waals surface area (Å²) in [5.41, 5.74) is 0. The number of likely N-dealkylation sites (tertiary alicyclic amines) is 1. The van der Waals surface area contributed by atoms with Crippen LogP contribution in [0.2, 0.25) is 0 Å². The Hall–Kier alpha value is -1.04. The van der Waals surface area contributed by atoms with Crippen molar-refractivity contribution < 1.29 is 4.79 Å². The quantitative estimate of drug-likeness (QED) is 0.693. The van der Waals surface area contributed by atoms with Gasteiger partial charge in [-0.25, -0.2) is 0 Å². The molecule has 0 aromatic rings. The molecular formula is C12H18N2O. The third-order valence-electron chi connectivity index (χ3n) is 3.66. The first-order chi connectivity index (χ1) is 7.29. The second-order valence-electron chi connectivity index (χ2n) is 4.81. The van der Waals surface area contributed by atoms with Crippen molar-refractivity contribution in [1.29, 1.82) is 5.26 Å². The highest BCUT2D eigenvalue weighted by Crippen LogP contribution is 2.27. The van der Waals surface area contributed by atoms with E-state index in [1.54, 1.807) is 0 Å². The van der Waals surface area contributed by atoms with Gasteiger partial charge in [-0.2, -0.15) is 5.26 Å². The fourth-order valence-electron chi connectivity index (χ4n) is 2.69. The molecule has 0 N–H and O–H groups in total. The van der Waals surface area contributed by atoms with Gasteiger partial charge in [-0.15, -0.1) is 0 Å². The van der Waals surface area contributed by atoms with Gasteiger partial charge in [0, 0.05) is 19.5 Å². The van der Waals surface area contributed by atoms with Gasteiger partial charge >= 0.3 is 0 Å². The van der Waals surface area contributed by atoms with Crippen LogP contribution in [0.3, 0.4) is 0 Å². The molecule has 15 heavy (non-hydrogen) atoms. The lowest BCUT2D eigenvalue weighted by atomic mass is 9.96. The Bertz CT molecular complexity index is 276. The summed E-state index contributed by atoms with van der Waals surface area (Å²) in [6.07, 6.45) is 6.54. The molecule has 3 nitrogen and oxygen atoms in total. The highest BCUT2D eigenvalue weighted by atomic mass is 16.2. The van der Waals surface area contributed by atoms with E-state index in [-0.39, 0.29) is 11.8 Å². The Kier molecular flexibility index (Phi) is 3.25. The van der Waals surface area contributed by atoms with E-state index < -0.39 is 0 Å². The number of nitrogens with zero attached hydrogens (tertiary/aromatic N) is 2. The standard InChI is InChI=1S/C12H18N2O/c13-8-11-5-6-14(12(15)7-11)9-10-3-1-2-4-10/h10-11H,1-7,9H2. The summed E-state index contributed by atoms with van der Waals surface area (Å²) in [4.78, 5) is 13.7. The Morgan fingerprint density at radius 3 is 2.67 bits per heavy atom. The van der Waals surface area contributed by atoms with Crippen LogP contribution in [0, 0.1) is 23.2 Å². The highest BCUT2D eigenvalue weighted by Gasteiger charge is 2.28. The third-order valence-corrected chi connectivity index (χ3v) is 3.66. The maximum absolute atomic E-state index is 11.7. The first-order valence-electron chi connectivity index (χ1n) is 5.97. The topological polar surface area (TPSA) is 44.1 Å². The van der Waals surface area contributed by atoms with Gasteiger partial charge in [-0.3, -0.25) is 4.79 Å². The fourth-order valence-corrected chi connectivity index (χ4v) is 2.69. The van der Waals surface area contributed by atoms with Crippen molar-refractivity contribution in [2.75, 3.05) is 13.1 Å². The monoisotopic (exact) mass is 206 g/mol. The van der Waals surface area contributed by atoms with Crippen LogP contribution >= 0.6 is 0 Å². The molecule has 1 saturated carbocycles. The zero-order chi connectivity index (χ0) is 10.7. The summed E-state index contributed by atoms with van der Waals surface area (Å²) in [6, 6.07) is 2.20. The average Bonchev–Trinajstić information content (AvgIpc) is 2.74. The van der Waals surface area contributed by atoms with Crippen molar-refractivity contribution in [1.82, 2.24) is 4.90 Å². The minimum Gasteiger partial charge on any atom is -0.342 e. The lowest BCUT2D eigenvalue weighted by molar-refractivity contribution is -0.134. The first kappa shape index (κ1) is 10.5. The molecule has 82 valence electrons. The zero-order valence-electron chi connectivity index (χ0n) is 9.11. The summed E-state index contributed by atoms with van der Waals surface area (Å²) in [5.74, 6) is 0.893. The predicted molar refractivity (Wildman–Crippen MR) is 56.9 cm³/mol. The second kappa shape index (κ2) is 4.65. The van der Waals surface area contributed by atoms with Crippen molar-refractivity contribution in [2.24, 2.45) is 11.8 Å². The van der Waals surface area contributed by atoms with Crippen LogP contribution in [0.1, 0.15) is 38.5 Å². The molecule has 1 atom stereocenters. The largest absolute Gasteiger partial charge is 0.342 e. The molecule has 1 aliphatic heterocycles. The van der Waals surface area contributed by atoms with E-state index in [4.69, 9.17) is 5.26 Å². The highest BCUT2D eigenvalue weighted by molar-refractivity contribution is 5.77. The minimum absolute atomic E-state index is 0.0303. The van der Waals surface area contributed by atoms with Crippen LogP contribution in [-0.4, -0.2) is 23.9 Å². The van der Waals surface area contributed by atoms with Crippen LogP contribution in [-0.2, 0) is 4.79 Å². The Labute approximate surface area is 91.1 Å². The molecule has 0 aromatic heterocycles. The summed E-state index contributed by atoms with van der Waals surface area (Å²) in [5, 5.41) is 8.76. The number of carbonyl (C=O) groups excluding carboxylic acids is 1. The average molecular weight is 206 g/mol. The molecule has 1 heterocycles. The smallest absolute Gasteiger partial charge is 0.223 e. The van der Waals surface area contributed by atoms with Gasteiger partial charge in [-0.1, -0.05) is 12.8 Å². The van der Waals surface area contributed by atoms with Crippen molar-refractivity contribution in [3.05, 3.63) is 0 Å². The molecule has 0 bridgehead atoms. The number of hydrogen-bond acceptors (Lipinski definition) is 2. The van der Waals surface area contributed by atoms with Gasteiger partial charge < -0.3 is 4.90 Å². The van der Waals surface area contributed by atoms with Crippen molar-refractivity contribution in [2.45, 2.75) is 38.5 Å². The number of rotatable bonds is 2. The summed E-state index contributed by atoms with van der Waals surface area (Å²) >= 11 is 0. The number of amides is 1. The maximum Gasteiger partial charge on any atom is 0.223 e. The lowest BCUT2D eigenvalue weighted by Gasteiger charge is -2.31. The summed E-state index contributed by atoms with van der Waals surface area (Å²) in [6.45, 7) is 1.74. The molecule has 2 fully saturated rings. The first-order valence-corrected chi connectivity index (χ1v) is 5.97. The predicted octanol–water partition coefficient (Wildman–Crippen LogP) is 1.94. The van der Waals surface area contributed by atoms with E-state index in [0.717, 1.165) is 25.4 Å². The van der Waals surface area contributed by atoms with Crippen LogP contribution < -0.4 is 0 Å². The second-order valence-corrected chi connectivity index (χ2v) is 4.81. The van der Waals surface area contributed by atoms with Gasteiger partial charge in [0.05, 0.1) is 12.0 Å². The Balaban J connectivity index is 1.83. The van der Waals surface area contributed by atoms with Crippen LogP contribution in [0.25, 0.3) is 0 Å². The molecule has 1 amide bonds. The van der Waals surface area contributed by atoms with Crippen LogP contribution in [0.15, 0.2) is 0 Å². The molecule has 1 saturated heterocycles. The SMILES string of the molecule is N#CC1CCN(CC2CCCC2)C(=O)C1. The Morgan fingerprint density at radius 2 is 2.07 bits per heavy atom. The molecule has 3 heteroatoms. The molecular weight excluding hydrogens is 188 g/mol. The number of nitriles is 1. The number of hydrogen-bond donors (Lipinski definition) is 0. The van der Waals surface area contributed by atoms with Crippen LogP contribution in [0.5, 0.6) is 0 Å². The van der Waals surface area contributed by atoms with E-state index in [1.807, 2.05) is 4.90 Å². The zero-order valence-corrected chi connectivity index (χ0v) is 9.11. The van der Waals surface area contributed by atoms with Crippen molar-refractivity contribution in [3.63, 3.8) is 0 Å². The fraction of sp³-hybridized carbons (Fsp3) is 0.833. The molecule has 0 radical (unpaired) electrons. The van der Waals surface area contributed by atoms with Gasteiger partial charge in [0.1, 0.15) is 0 Å². The molecule has 1 aliphatic carbocycles. The summed E-state index contributed by atoms with van der Waals surface area (Å²) < 4.78 is 0. The maximum atomic E-state index is 11.7. The van der Waals surface area contributed by atoms with Crippen molar-refractivity contribution in [3.8, 4) is 6.07 Å². The van der Waals surface area contributed by atoms with E-state index in [0.29, 0.717) is 6.42 Å².